The molecule has 6 heteroatoms. The summed E-state index contributed by atoms with van der Waals surface area (Å²) in [4.78, 5) is 4.66. The third-order valence-corrected chi connectivity index (χ3v) is 4.29. The van der Waals surface area contributed by atoms with Crippen LogP contribution in [0.2, 0.25) is 0 Å². The molecule has 2 aromatic carbocycles. The van der Waals surface area contributed by atoms with Gasteiger partial charge in [0.05, 0.1) is 13.7 Å². The lowest BCUT2D eigenvalue weighted by molar-refractivity contribution is 0.174. The van der Waals surface area contributed by atoms with Crippen LogP contribution >= 0.6 is 0 Å². The molecule has 6 nitrogen and oxygen atoms in total. The number of benzene rings is 2. The predicted octanol–water partition coefficient (Wildman–Crippen LogP) is 3.11. The van der Waals surface area contributed by atoms with Crippen molar-refractivity contribution in [1.29, 1.82) is 0 Å². The molecule has 0 saturated carbocycles. The van der Waals surface area contributed by atoms with E-state index in [1.165, 1.54) is 5.56 Å². The fourth-order valence-corrected chi connectivity index (χ4v) is 2.84. The van der Waals surface area contributed by atoms with Gasteiger partial charge >= 0.3 is 0 Å². The van der Waals surface area contributed by atoms with Gasteiger partial charge in [-0.15, -0.1) is 0 Å². The molecular formula is C21H27N3O3. The van der Waals surface area contributed by atoms with Gasteiger partial charge in [-0.3, -0.25) is 0 Å². The molecule has 1 aliphatic heterocycles. The van der Waals surface area contributed by atoms with Crippen LogP contribution < -0.4 is 24.8 Å². The molecule has 0 fully saturated rings. The van der Waals surface area contributed by atoms with Crippen molar-refractivity contribution in [3.8, 4) is 17.2 Å². The second kappa shape index (κ2) is 9.71. The smallest absolute Gasteiger partial charge is 0.231 e. The van der Waals surface area contributed by atoms with Gasteiger partial charge in [-0.05, 0) is 55.2 Å². The van der Waals surface area contributed by atoms with E-state index in [1.807, 2.05) is 30.3 Å². The van der Waals surface area contributed by atoms with E-state index >= 15 is 0 Å². The summed E-state index contributed by atoms with van der Waals surface area (Å²) in [7, 11) is 1.68. The highest BCUT2D eigenvalue weighted by Crippen LogP contribution is 2.32. The Morgan fingerprint density at radius 3 is 2.59 bits per heavy atom. The second-order valence-corrected chi connectivity index (χ2v) is 6.26. The fraction of sp³-hybridized carbons (Fsp3) is 0.381. The second-order valence-electron chi connectivity index (χ2n) is 6.26. The van der Waals surface area contributed by atoms with Gasteiger partial charge in [-0.25, -0.2) is 4.99 Å². The first kappa shape index (κ1) is 18.9. The Morgan fingerprint density at radius 2 is 1.81 bits per heavy atom. The zero-order chi connectivity index (χ0) is 18.9. The maximum atomic E-state index is 5.42. The van der Waals surface area contributed by atoms with E-state index in [-0.39, 0.29) is 0 Å². The molecule has 2 aromatic rings. The summed E-state index contributed by atoms with van der Waals surface area (Å²) in [5, 5.41) is 6.68. The van der Waals surface area contributed by atoms with Crippen LogP contribution in [0.4, 0.5) is 0 Å². The summed E-state index contributed by atoms with van der Waals surface area (Å²) < 4.78 is 16.0. The molecule has 0 aliphatic carbocycles. The zero-order valence-corrected chi connectivity index (χ0v) is 16.0. The monoisotopic (exact) mass is 369 g/mol. The number of hydrogen-bond donors (Lipinski definition) is 2. The standard InChI is InChI=1S/C21H27N3O3/c1-3-22-21(23-12-4-5-16-6-9-18(25-2)10-7-16)24-14-17-8-11-19-20(13-17)27-15-26-19/h6-11,13H,3-5,12,14-15H2,1-2H3,(H2,22,23,24). The first-order chi connectivity index (χ1) is 13.3. The number of hydrogen-bond acceptors (Lipinski definition) is 4. The quantitative estimate of drug-likeness (QED) is 0.425. The number of ether oxygens (including phenoxy) is 3. The van der Waals surface area contributed by atoms with E-state index in [0.29, 0.717) is 13.3 Å². The predicted molar refractivity (Wildman–Crippen MR) is 107 cm³/mol. The van der Waals surface area contributed by atoms with E-state index in [0.717, 1.165) is 54.7 Å². The van der Waals surface area contributed by atoms with Crippen LogP contribution in [-0.4, -0.2) is 33.0 Å². The minimum Gasteiger partial charge on any atom is -0.497 e. The summed E-state index contributed by atoms with van der Waals surface area (Å²) in [5.41, 5.74) is 2.40. The normalized spacial score (nSPS) is 12.7. The third-order valence-electron chi connectivity index (χ3n) is 4.29. The largest absolute Gasteiger partial charge is 0.497 e. The molecule has 0 saturated heterocycles. The maximum Gasteiger partial charge on any atom is 0.231 e. The molecular weight excluding hydrogens is 342 g/mol. The van der Waals surface area contributed by atoms with Crippen LogP contribution in [-0.2, 0) is 13.0 Å². The van der Waals surface area contributed by atoms with Crippen molar-refractivity contribution in [2.24, 2.45) is 4.99 Å². The summed E-state index contributed by atoms with van der Waals surface area (Å²) in [6.45, 7) is 4.63. The SMILES string of the molecule is CCNC(=NCc1ccc2c(c1)OCO2)NCCCc1ccc(OC)cc1. The molecule has 144 valence electrons. The Morgan fingerprint density at radius 1 is 1.04 bits per heavy atom. The van der Waals surface area contributed by atoms with Crippen molar-refractivity contribution in [2.75, 3.05) is 27.0 Å². The summed E-state index contributed by atoms with van der Waals surface area (Å²) in [5.74, 6) is 3.30. The Labute approximate surface area is 160 Å². The number of aliphatic imine (C=N–C) groups is 1. The molecule has 1 aliphatic rings. The third kappa shape index (κ3) is 5.54. The number of guanidine groups is 1. The minimum absolute atomic E-state index is 0.292. The van der Waals surface area contributed by atoms with E-state index in [2.05, 4.69) is 34.7 Å². The Bertz CT molecular complexity index is 760. The van der Waals surface area contributed by atoms with Crippen molar-refractivity contribution >= 4 is 5.96 Å². The van der Waals surface area contributed by atoms with Crippen LogP contribution in [0.15, 0.2) is 47.5 Å². The molecule has 27 heavy (non-hydrogen) atoms. The highest BCUT2D eigenvalue weighted by atomic mass is 16.7. The fourth-order valence-electron chi connectivity index (χ4n) is 2.84. The van der Waals surface area contributed by atoms with Crippen LogP contribution in [0.5, 0.6) is 17.2 Å². The maximum absolute atomic E-state index is 5.42. The van der Waals surface area contributed by atoms with Crippen molar-refractivity contribution in [2.45, 2.75) is 26.3 Å². The Balaban J connectivity index is 1.47. The van der Waals surface area contributed by atoms with Gasteiger partial charge in [-0.1, -0.05) is 18.2 Å². The van der Waals surface area contributed by atoms with Gasteiger partial charge in [0.25, 0.3) is 0 Å². The number of rotatable bonds is 8. The van der Waals surface area contributed by atoms with E-state index in [9.17, 15) is 0 Å². The molecule has 3 rings (SSSR count). The molecule has 0 aromatic heterocycles. The Hall–Kier alpha value is -2.89. The van der Waals surface area contributed by atoms with E-state index < -0.39 is 0 Å². The number of nitrogens with zero attached hydrogens (tertiary/aromatic N) is 1. The van der Waals surface area contributed by atoms with Crippen LogP contribution in [0.3, 0.4) is 0 Å². The van der Waals surface area contributed by atoms with Gasteiger partial charge in [0, 0.05) is 13.1 Å². The number of methoxy groups -OCH3 is 1. The van der Waals surface area contributed by atoms with Crippen LogP contribution in [0.25, 0.3) is 0 Å². The average Bonchev–Trinajstić information content (AvgIpc) is 3.17. The van der Waals surface area contributed by atoms with Gasteiger partial charge in [0.1, 0.15) is 5.75 Å². The molecule has 1 heterocycles. The Kier molecular flexibility index (Phi) is 6.79. The molecule has 0 unspecified atom stereocenters. The van der Waals surface area contributed by atoms with Gasteiger partial charge in [-0.2, -0.15) is 0 Å². The molecule has 0 amide bonds. The van der Waals surface area contributed by atoms with Crippen molar-refractivity contribution < 1.29 is 14.2 Å². The minimum atomic E-state index is 0.292. The van der Waals surface area contributed by atoms with Crippen molar-refractivity contribution in [3.05, 3.63) is 53.6 Å². The first-order valence-electron chi connectivity index (χ1n) is 9.32. The molecule has 0 atom stereocenters. The number of nitrogens with one attached hydrogen (secondary N) is 2. The van der Waals surface area contributed by atoms with Gasteiger partial charge in [0.2, 0.25) is 6.79 Å². The molecule has 2 N–H and O–H groups in total. The highest BCUT2D eigenvalue weighted by molar-refractivity contribution is 5.79. The van der Waals surface area contributed by atoms with E-state index in [1.54, 1.807) is 7.11 Å². The van der Waals surface area contributed by atoms with Crippen LogP contribution in [0.1, 0.15) is 24.5 Å². The summed E-state index contributed by atoms with van der Waals surface area (Å²) in [6, 6.07) is 14.2. The van der Waals surface area contributed by atoms with Crippen LogP contribution in [0, 0.1) is 0 Å². The van der Waals surface area contributed by atoms with E-state index in [4.69, 9.17) is 14.2 Å². The average molecular weight is 369 g/mol. The van der Waals surface area contributed by atoms with Crippen molar-refractivity contribution in [1.82, 2.24) is 10.6 Å². The van der Waals surface area contributed by atoms with Crippen molar-refractivity contribution in [3.63, 3.8) is 0 Å². The summed E-state index contributed by atoms with van der Waals surface area (Å²) in [6.07, 6.45) is 2.04. The lowest BCUT2D eigenvalue weighted by Crippen LogP contribution is -2.37. The van der Waals surface area contributed by atoms with Gasteiger partial charge < -0.3 is 24.8 Å². The van der Waals surface area contributed by atoms with Gasteiger partial charge in [0.15, 0.2) is 17.5 Å². The molecule has 0 radical (unpaired) electrons. The summed E-state index contributed by atoms with van der Waals surface area (Å²) >= 11 is 0. The molecule has 0 spiro atoms. The number of fused-ring (bicyclic) bond motifs is 1. The first-order valence-corrected chi connectivity index (χ1v) is 9.32. The zero-order valence-electron chi connectivity index (χ0n) is 16.0. The lowest BCUT2D eigenvalue weighted by Gasteiger charge is -2.11. The lowest BCUT2D eigenvalue weighted by atomic mass is 10.1. The molecule has 0 bridgehead atoms. The highest BCUT2D eigenvalue weighted by Gasteiger charge is 2.12. The topological polar surface area (TPSA) is 64.1 Å². The number of aryl methyl sites for hydroxylation is 1.